The Balaban J connectivity index is 1.54. The zero-order chi connectivity index (χ0) is 25.6. The van der Waals surface area contributed by atoms with E-state index in [-0.39, 0.29) is 30.8 Å². The Morgan fingerprint density at radius 1 is 1.11 bits per heavy atom. The van der Waals surface area contributed by atoms with Crippen LogP contribution in [0.25, 0.3) is 10.9 Å². The van der Waals surface area contributed by atoms with Crippen molar-refractivity contribution in [3.8, 4) is 0 Å². The Bertz CT molecular complexity index is 1490. The average Bonchev–Trinajstić information content (AvgIpc) is 3.50. The van der Waals surface area contributed by atoms with Crippen LogP contribution >= 0.6 is 11.6 Å². The molecule has 2 N–H and O–H groups in total. The lowest BCUT2D eigenvalue weighted by molar-refractivity contribution is -0.125. The van der Waals surface area contributed by atoms with Crippen LogP contribution < -0.4 is 10.6 Å². The summed E-state index contributed by atoms with van der Waals surface area (Å²) in [6, 6.07) is 14.7. The van der Waals surface area contributed by atoms with Gasteiger partial charge in [0.2, 0.25) is 15.9 Å². The molecule has 0 aliphatic heterocycles. The number of hydrogen-bond acceptors (Lipinski definition) is 5. The van der Waals surface area contributed by atoms with E-state index in [0.29, 0.717) is 27.6 Å². The molecule has 1 fully saturated rings. The van der Waals surface area contributed by atoms with Crippen LogP contribution in [0.1, 0.15) is 38.8 Å². The van der Waals surface area contributed by atoms with Gasteiger partial charge in [0.25, 0.3) is 0 Å². The molecule has 3 aromatic rings. The van der Waals surface area contributed by atoms with Crippen LogP contribution in [0, 0.1) is 5.41 Å². The number of allylic oxidation sites excluding steroid dienone is 3. The predicted molar refractivity (Wildman–Crippen MR) is 143 cm³/mol. The normalized spacial score (nSPS) is 21.0. The van der Waals surface area contributed by atoms with Crippen molar-refractivity contribution in [1.29, 1.82) is 0 Å². The van der Waals surface area contributed by atoms with Gasteiger partial charge in [-0.25, -0.2) is 17.4 Å². The molecular formula is C27H29ClN4O3S. The molecule has 0 spiro atoms. The third kappa shape index (κ3) is 4.22. The van der Waals surface area contributed by atoms with Crippen LogP contribution in [-0.4, -0.2) is 34.6 Å². The third-order valence-corrected chi connectivity index (χ3v) is 10.2. The number of carbonyl (C=O) groups excluding carboxylic acids is 1. The summed E-state index contributed by atoms with van der Waals surface area (Å²) in [5.74, 6) is 0.582. The fourth-order valence-electron chi connectivity index (χ4n) is 4.64. The summed E-state index contributed by atoms with van der Waals surface area (Å²) >= 11 is 6.62. The lowest BCUT2D eigenvalue weighted by atomic mass is 9.92. The standard InChI is InChI=1S/C27H29ClN4O3S/c1-26(13-14-26)25(33)31-17-20-16-19-8-3-4-10-23(19)32(20)36(34,35)27(2)12-7-9-22(28)21(27)18-30-24-11-5-6-15-29-24/h3-11,15-16H,12-14,17-18H2,1-2H3,(H,29,30)(H,31,33). The molecule has 9 heteroatoms. The van der Waals surface area contributed by atoms with Gasteiger partial charge < -0.3 is 10.6 Å². The fraction of sp³-hybridized carbons (Fsp3) is 0.333. The van der Waals surface area contributed by atoms with Gasteiger partial charge >= 0.3 is 0 Å². The number of nitrogens with zero attached hydrogens (tertiary/aromatic N) is 2. The second-order valence-corrected chi connectivity index (χ2v) is 12.6. The van der Waals surface area contributed by atoms with Gasteiger partial charge in [-0.05, 0) is 62.1 Å². The number of anilines is 1. The average molecular weight is 525 g/mol. The molecule has 36 heavy (non-hydrogen) atoms. The largest absolute Gasteiger partial charge is 0.366 e. The number of pyridine rings is 1. The summed E-state index contributed by atoms with van der Waals surface area (Å²) in [4.78, 5) is 16.9. The van der Waals surface area contributed by atoms with Crippen molar-refractivity contribution < 1.29 is 13.2 Å². The van der Waals surface area contributed by atoms with Crippen LogP contribution in [0.3, 0.4) is 0 Å². The molecule has 188 valence electrons. The van der Waals surface area contributed by atoms with Crippen LogP contribution in [0.5, 0.6) is 0 Å². The fourth-order valence-corrected chi connectivity index (χ4v) is 7.11. The molecule has 1 amide bonds. The van der Waals surface area contributed by atoms with E-state index in [1.165, 1.54) is 3.97 Å². The Labute approximate surface area is 216 Å². The summed E-state index contributed by atoms with van der Waals surface area (Å²) in [6.07, 6.45) is 7.18. The molecule has 1 unspecified atom stereocenters. The summed E-state index contributed by atoms with van der Waals surface area (Å²) < 4.78 is 29.1. The Morgan fingerprint density at radius 3 is 2.58 bits per heavy atom. The van der Waals surface area contributed by atoms with E-state index in [4.69, 9.17) is 11.6 Å². The first-order valence-corrected chi connectivity index (χ1v) is 13.8. The van der Waals surface area contributed by atoms with Crippen molar-refractivity contribution in [2.45, 2.75) is 44.4 Å². The van der Waals surface area contributed by atoms with Crippen LogP contribution in [-0.2, 0) is 21.4 Å². The van der Waals surface area contributed by atoms with Gasteiger partial charge in [0.1, 0.15) is 10.6 Å². The van der Waals surface area contributed by atoms with Crippen LogP contribution in [0.15, 0.2) is 77.5 Å². The number of carbonyl (C=O) groups is 1. The van der Waals surface area contributed by atoms with Crippen LogP contribution in [0.4, 0.5) is 5.82 Å². The van der Waals surface area contributed by atoms with Crippen molar-refractivity contribution in [1.82, 2.24) is 14.3 Å². The number of aromatic nitrogens is 2. The maximum absolute atomic E-state index is 14.5. The summed E-state index contributed by atoms with van der Waals surface area (Å²) in [5, 5.41) is 7.36. The summed E-state index contributed by atoms with van der Waals surface area (Å²) in [7, 11) is -4.02. The Morgan fingerprint density at radius 2 is 1.86 bits per heavy atom. The highest BCUT2D eigenvalue weighted by atomic mass is 35.5. The minimum atomic E-state index is -4.02. The van der Waals surface area contributed by atoms with Gasteiger partial charge in [-0.3, -0.25) is 4.79 Å². The first kappa shape index (κ1) is 24.6. The number of hydrogen-bond donors (Lipinski definition) is 2. The lowest BCUT2D eigenvalue weighted by Gasteiger charge is -2.35. The molecule has 0 bridgehead atoms. The van der Waals surface area contributed by atoms with Gasteiger partial charge in [-0.15, -0.1) is 0 Å². The third-order valence-electron chi connectivity index (χ3n) is 7.34. The van der Waals surface area contributed by atoms with Crippen molar-refractivity contribution in [3.05, 3.63) is 83.2 Å². The predicted octanol–water partition coefficient (Wildman–Crippen LogP) is 4.95. The quantitative estimate of drug-likeness (QED) is 0.434. The molecule has 1 saturated carbocycles. The number of fused-ring (bicyclic) bond motifs is 1. The molecular weight excluding hydrogens is 496 g/mol. The highest BCUT2D eigenvalue weighted by Crippen LogP contribution is 2.45. The Kier molecular flexibility index (Phi) is 6.21. The van der Waals surface area contributed by atoms with Gasteiger partial charge in [0.05, 0.1) is 17.8 Å². The summed E-state index contributed by atoms with van der Waals surface area (Å²) in [5.41, 5.74) is 1.30. The van der Waals surface area contributed by atoms with E-state index in [9.17, 15) is 13.2 Å². The maximum Gasteiger partial charge on any atom is 0.249 e. The highest BCUT2D eigenvalue weighted by molar-refractivity contribution is 7.91. The van der Waals surface area contributed by atoms with E-state index in [1.54, 1.807) is 31.3 Å². The number of benzene rings is 1. The molecule has 0 radical (unpaired) electrons. The number of amides is 1. The second-order valence-electron chi connectivity index (χ2n) is 9.94. The molecule has 1 aromatic carbocycles. The monoisotopic (exact) mass is 524 g/mol. The number of nitrogens with one attached hydrogen (secondary N) is 2. The number of rotatable bonds is 8. The first-order valence-electron chi connectivity index (χ1n) is 12.0. The van der Waals surface area contributed by atoms with Gasteiger partial charge in [0.15, 0.2) is 0 Å². The molecule has 2 aliphatic carbocycles. The van der Waals surface area contributed by atoms with Crippen molar-refractivity contribution in [2.75, 3.05) is 11.9 Å². The topological polar surface area (TPSA) is 93.1 Å². The van der Waals surface area contributed by atoms with E-state index in [2.05, 4.69) is 15.6 Å². The van der Waals surface area contributed by atoms with Crippen molar-refractivity contribution in [3.63, 3.8) is 0 Å². The molecule has 2 aromatic heterocycles. The number of halogens is 1. The van der Waals surface area contributed by atoms with Gasteiger partial charge in [-0.1, -0.05) is 48.9 Å². The SMILES string of the molecule is CC1(C(=O)NCc2cc3ccccc3n2S(=O)(=O)C2(C)CC=CC(Cl)=C2CNc2ccccn2)CC1. The van der Waals surface area contributed by atoms with Crippen molar-refractivity contribution in [2.24, 2.45) is 5.41 Å². The lowest BCUT2D eigenvalue weighted by Crippen LogP contribution is -2.45. The number of para-hydroxylation sites is 1. The smallest absolute Gasteiger partial charge is 0.249 e. The van der Waals surface area contributed by atoms with E-state index >= 15 is 0 Å². The van der Waals surface area contributed by atoms with Crippen molar-refractivity contribution >= 4 is 44.3 Å². The van der Waals surface area contributed by atoms with E-state index in [0.717, 1.165) is 18.2 Å². The maximum atomic E-state index is 14.5. The van der Waals surface area contributed by atoms with Gasteiger partial charge in [-0.2, -0.15) is 0 Å². The van der Waals surface area contributed by atoms with E-state index in [1.807, 2.05) is 49.4 Å². The minimum absolute atomic E-state index is 0.0493. The minimum Gasteiger partial charge on any atom is -0.366 e. The molecule has 0 saturated heterocycles. The Hall–Kier alpha value is -3.10. The van der Waals surface area contributed by atoms with Crippen LogP contribution in [0.2, 0.25) is 0 Å². The molecule has 7 nitrogen and oxygen atoms in total. The molecule has 2 aliphatic rings. The first-order chi connectivity index (χ1) is 17.2. The molecule has 5 rings (SSSR count). The van der Waals surface area contributed by atoms with Gasteiger partial charge in [0, 0.05) is 28.6 Å². The zero-order valence-electron chi connectivity index (χ0n) is 20.3. The van der Waals surface area contributed by atoms with E-state index < -0.39 is 14.8 Å². The zero-order valence-corrected chi connectivity index (χ0v) is 21.9. The summed E-state index contributed by atoms with van der Waals surface area (Å²) in [6.45, 7) is 3.98. The second kappa shape index (κ2) is 9.09. The highest BCUT2D eigenvalue weighted by Gasteiger charge is 2.47. The molecule has 1 atom stereocenters. The molecule has 2 heterocycles.